The van der Waals surface area contributed by atoms with Gasteiger partial charge in [0, 0.05) is 41.6 Å². The molecule has 8 N–H and O–H groups in total. The van der Waals surface area contributed by atoms with E-state index in [-0.39, 0.29) is 47.4 Å². The van der Waals surface area contributed by atoms with Crippen LogP contribution in [-0.2, 0) is 0 Å². The van der Waals surface area contributed by atoms with Crippen molar-refractivity contribution < 1.29 is 8.78 Å². The third-order valence-corrected chi connectivity index (χ3v) is 3.56. The van der Waals surface area contributed by atoms with Gasteiger partial charge in [-0.25, -0.2) is 13.8 Å². The summed E-state index contributed by atoms with van der Waals surface area (Å²) in [7, 11) is 0. The number of nitrogens with two attached hydrogens (primary N) is 3. The monoisotopic (exact) mass is 389 g/mol. The molecule has 0 saturated heterocycles. The molecule has 1 rings (SSSR count). The zero-order chi connectivity index (χ0) is 21.3. The van der Waals surface area contributed by atoms with Gasteiger partial charge < -0.3 is 22.6 Å². The van der Waals surface area contributed by atoms with Crippen LogP contribution in [0, 0.1) is 28.4 Å². The minimum absolute atomic E-state index is 0.0122. The first-order chi connectivity index (χ1) is 13.2. The highest BCUT2D eigenvalue weighted by Gasteiger charge is 2.16. The molecule has 0 radical (unpaired) electrons. The van der Waals surface area contributed by atoms with Crippen molar-refractivity contribution in [2.24, 2.45) is 33.1 Å². The van der Waals surface area contributed by atoms with Gasteiger partial charge >= 0.3 is 0 Å². The van der Waals surface area contributed by atoms with E-state index < -0.39 is 11.6 Å². The second kappa shape index (κ2) is 10.8. The smallest absolute Gasteiger partial charge is 0.146 e. The van der Waals surface area contributed by atoms with Crippen molar-refractivity contribution >= 4 is 23.6 Å². The summed E-state index contributed by atoms with van der Waals surface area (Å²) in [6.07, 6.45) is 3.56. The van der Waals surface area contributed by atoms with E-state index in [4.69, 9.17) is 28.0 Å². The van der Waals surface area contributed by atoms with E-state index >= 15 is 0 Å². The number of rotatable bonds is 8. The van der Waals surface area contributed by atoms with E-state index in [0.29, 0.717) is 5.84 Å². The summed E-state index contributed by atoms with van der Waals surface area (Å²) < 4.78 is 27.5. The lowest BCUT2D eigenvalue weighted by Gasteiger charge is -2.11. The molecule has 9 heteroatoms. The molecule has 0 fully saturated rings. The van der Waals surface area contributed by atoms with E-state index in [2.05, 4.69) is 9.98 Å². The van der Waals surface area contributed by atoms with Gasteiger partial charge in [-0.2, -0.15) is 0 Å². The Hall–Kier alpha value is -3.20. The zero-order valence-electron chi connectivity index (χ0n) is 15.8. The third kappa shape index (κ3) is 6.51. The van der Waals surface area contributed by atoms with Gasteiger partial charge in [-0.3, -0.25) is 10.4 Å². The Morgan fingerprint density at radius 2 is 1.89 bits per heavy atom. The number of amidine groups is 2. The van der Waals surface area contributed by atoms with Crippen LogP contribution in [0.1, 0.15) is 19.4 Å². The number of aliphatic imine (C=N–C) groups is 2. The van der Waals surface area contributed by atoms with Crippen molar-refractivity contribution in [3.05, 3.63) is 58.8 Å². The highest BCUT2D eigenvalue weighted by atomic mass is 19.1. The molecule has 0 unspecified atom stereocenters. The Morgan fingerprint density at radius 3 is 2.43 bits per heavy atom. The molecule has 28 heavy (non-hydrogen) atoms. The highest BCUT2D eigenvalue weighted by molar-refractivity contribution is 6.24. The van der Waals surface area contributed by atoms with Crippen LogP contribution in [0.3, 0.4) is 0 Å². The van der Waals surface area contributed by atoms with E-state index in [9.17, 15) is 8.78 Å². The summed E-state index contributed by atoms with van der Waals surface area (Å²) >= 11 is 0. The molecule has 0 aromatic heterocycles. The Morgan fingerprint density at radius 1 is 1.21 bits per heavy atom. The fourth-order valence-electron chi connectivity index (χ4n) is 2.03. The Kier molecular flexibility index (Phi) is 8.83. The average Bonchev–Trinajstić information content (AvgIpc) is 2.63. The van der Waals surface area contributed by atoms with Crippen molar-refractivity contribution in [1.82, 2.24) is 0 Å². The quantitative estimate of drug-likeness (QED) is 0.263. The standard InChI is InChI=1S/C19H25F2N7/c1-11(2)19(26)28-17(25)6-5-16(24)14(10-23)18(27-8-7-22)13-4-3-12(20)9-15(13)21/h3-6,9-11,23H,7-8,22,24H2,1-2H3,(H3,25,26,28)/b6-5-,16-14+,23-10?,27-18?. The second-order valence-corrected chi connectivity index (χ2v) is 6.07. The number of benzene rings is 1. The summed E-state index contributed by atoms with van der Waals surface area (Å²) in [6, 6.07) is 3.03. The molecule has 1 aromatic rings. The Labute approximate surface area is 162 Å². The number of nitrogens with zero attached hydrogens (tertiary/aromatic N) is 2. The van der Waals surface area contributed by atoms with E-state index in [1.54, 1.807) is 0 Å². The van der Waals surface area contributed by atoms with Crippen LogP contribution in [0.5, 0.6) is 0 Å². The molecule has 0 aliphatic carbocycles. The summed E-state index contributed by atoms with van der Waals surface area (Å²) in [5.74, 6) is -1.43. The van der Waals surface area contributed by atoms with Crippen molar-refractivity contribution in [2.75, 3.05) is 13.1 Å². The van der Waals surface area contributed by atoms with Crippen LogP contribution in [0.15, 0.2) is 51.6 Å². The summed E-state index contributed by atoms with van der Waals surface area (Å²) in [5, 5.41) is 15.5. The number of halogens is 2. The molecule has 0 saturated carbocycles. The van der Waals surface area contributed by atoms with Gasteiger partial charge in [-0.1, -0.05) is 13.8 Å². The topological polar surface area (TPSA) is 150 Å². The van der Waals surface area contributed by atoms with Gasteiger partial charge in [0.15, 0.2) is 0 Å². The molecule has 0 amide bonds. The lowest BCUT2D eigenvalue weighted by Crippen LogP contribution is -2.20. The normalized spacial score (nSPS) is 13.8. The number of allylic oxidation sites excluding steroid dienone is 2. The van der Waals surface area contributed by atoms with Gasteiger partial charge in [0.1, 0.15) is 23.3 Å². The predicted octanol–water partition coefficient (Wildman–Crippen LogP) is 2.12. The second-order valence-electron chi connectivity index (χ2n) is 6.07. The zero-order valence-corrected chi connectivity index (χ0v) is 15.8. The lowest BCUT2D eigenvalue weighted by atomic mass is 10.00. The van der Waals surface area contributed by atoms with Crippen LogP contribution >= 0.6 is 0 Å². The van der Waals surface area contributed by atoms with Crippen LogP contribution < -0.4 is 17.2 Å². The molecule has 1 aromatic carbocycles. The molecule has 150 valence electrons. The Balaban J connectivity index is 3.36. The van der Waals surface area contributed by atoms with Crippen molar-refractivity contribution in [3.8, 4) is 0 Å². The summed E-state index contributed by atoms with van der Waals surface area (Å²) in [6.45, 7) is 4.04. The Bertz CT molecular complexity index is 852. The fourth-order valence-corrected chi connectivity index (χ4v) is 2.03. The first-order valence-electron chi connectivity index (χ1n) is 8.52. The molecule has 7 nitrogen and oxygen atoms in total. The average molecular weight is 389 g/mol. The van der Waals surface area contributed by atoms with Gasteiger partial charge in [0.2, 0.25) is 0 Å². The maximum atomic E-state index is 14.2. The lowest BCUT2D eigenvalue weighted by molar-refractivity contribution is 0.582. The predicted molar refractivity (Wildman–Crippen MR) is 110 cm³/mol. The van der Waals surface area contributed by atoms with Crippen LogP contribution in [0.2, 0.25) is 0 Å². The SMILES string of the molecule is CC(C)C(N)=NC(=N)/C=C\C(N)=C(\C=N)C(=NCCN)c1ccc(F)cc1F. The minimum Gasteiger partial charge on any atom is -0.398 e. The number of hydrogen-bond donors (Lipinski definition) is 5. The van der Waals surface area contributed by atoms with Gasteiger partial charge in [-0.05, 0) is 24.3 Å². The number of hydrogen-bond acceptors (Lipinski definition) is 5. The maximum Gasteiger partial charge on any atom is 0.146 e. The van der Waals surface area contributed by atoms with Crippen LogP contribution in [0.4, 0.5) is 8.78 Å². The molecular weight excluding hydrogens is 364 g/mol. The van der Waals surface area contributed by atoms with Gasteiger partial charge in [0.25, 0.3) is 0 Å². The molecular formula is C19H25F2N7. The van der Waals surface area contributed by atoms with E-state index in [1.165, 1.54) is 18.2 Å². The third-order valence-electron chi connectivity index (χ3n) is 3.56. The van der Waals surface area contributed by atoms with Crippen LogP contribution in [0.25, 0.3) is 0 Å². The largest absolute Gasteiger partial charge is 0.398 e. The molecule has 0 heterocycles. The molecule has 0 aliphatic heterocycles. The number of nitrogens with one attached hydrogen (secondary N) is 2. The summed E-state index contributed by atoms with van der Waals surface area (Å²) in [4.78, 5) is 8.12. The first-order valence-corrected chi connectivity index (χ1v) is 8.52. The molecule has 0 bridgehead atoms. The highest BCUT2D eigenvalue weighted by Crippen LogP contribution is 2.16. The van der Waals surface area contributed by atoms with Crippen molar-refractivity contribution in [3.63, 3.8) is 0 Å². The van der Waals surface area contributed by atoms with Gasteiger partial charge in [0.05, 0.1) is 12.3 Å². The first kappa shape index (κ1) is 22.8. The van der Waals surface area contributed by atoms with Crippen molar-refractivity contribution in [1.29, 1.82) is 10.8 Å². The van der Waals surface area contributed by atoms with Crippen molar-refractivity contribution in [2.45, 2.75) is 13.8 Å². The molecule has 0 atom stereocenters. The fraction of sp³-hybridized carbons (Fsp3) is 0.263. The van der Waals surface area contributed by atoms with E-state index in [0.717, 1.165) is 18.3 Å². The molecule has 0 aliphatic rings. The maximum absolute atomic E-state index is 14.2. The summed E-state index contributed by atoms with van der Waals surface area (Å²) in [5.41, 5.74) is 17.4. The van der Waals surface area contributed by atoms with Crippen LogP contribution in [-0.4, -0.2) is 36.7 Å². The minimum atomic E-state index is -0.839. The molecule has 0 spiro atoms. The van der Waals surface area contributed by atoms with Gasteiger partial charge in [-0.15, -0.1) is 0 Å². The van der Waals surface area contributed by atoms with E-state index in [1.807, 2.05) is 13.8 Å².